The first-order valence-electron chi connectivity index (χ1n) is 9.37. The maximum atomic E-state index is 14.0. The van der Waals surface area contributed by atoms with Crippen LogP contribution < -0.4 is 4.74 Å². The van der Waals surface area contributed by atoms with E-state index in [0.29, 0.717) is 22.4 Å². The molecule has 30 heavy (non-hydrogen) atoms. The average molecular weight is 407 g/mol. The highest BCUT2D eigenvalue weighted by atomic mass is 19.2. The quantitative estimate of drug-likeness (QED) is 0.646. The number of carbonyl (C=O) groups excluding carboxylic acids is 1. The normalized spacial score (nSPS) is 16.3. The first-order valence-corrected chi connectivity index (χ1v) is 9.37. The van der Waals surface area contributed by atoms with Gasteiger partial charge in [0.05, 0.1) is 13.2 Å². The van der Waals surface area contributed by atoms with E-state index >= 15 is 0 Å². The van der Waals surface area contributed by atoms with Gasteiger partial charge in [0.1, 0.15) is 5.75 Å². The monoisotopic (exact) mass is 407 g/mol. The van der Waals surface area contributed by atoms with Crippen molar-refractivity contribution in [3.63, 3.8) is 0 Å². The van der Waals surface area contributed by atoms with Crippen LogP contribution in [0.25, 0.3) is 5.57 Å². The van der Waals surface area contributed by atoms with E-state index in [2.05, 4.69) is 0 Å². The highest BCUT2D eigenvalue weighted by Gasteiger charge is 2.41. The number of halogens is 2. The SMILES string of the molecule is COc1ccc(C2=C(O)C(=O)N(Cc3ccccc3)[C@H]2c2ccc(F)c(F)c2)cc1. The summed E-state index contributed by atoms with van der Waals surface area (Å²) in [5, 5.41) is 10.7. The molecular weight excluding hydrogens is 388 g/mol. The lowest BCUT2D eigenvalue weighted by molar-refractivity contribution is -0.130. The molecule has 1 amide bonds. The van der Waals surface area contributed by atoms with Crippen molar-refractivity contribution in [2.45, 2.75) is 12.6 Å². The van der Waals surface area contributed by atoms with Gasteiger partial charge < -0.3 is 14.7 Å². The molecule has 4 rings (SSSR count). The molecule has 0 unspecified atom stereocenters. The van der Waals surface area contributed by atoms with Crippen LogP contribution in [0, 0.1) is 11.6 Å². The van der Waals surface area contributed by atoms with Crippen molar-refractivity contribution in [1.82, 2.24) is 4.90 Å². The van der Waals surface area contributed by atoms with E-state index < -0.39 is 29.3 Å². The Balaban J connectivity index is 1.83. The minimum atomic E-state index is -1.01. The van der Waals surface area contributed by atoms with E-state index in [1.165, 1.54) is 18.1 Å². The number of aliphatic hydroxyl groups excluding tert-OH is 1. The molecule has 4 nitrogen and oxygen atoms in total. The van der Waals surface area contributed by atoms with Crippen LogP contribution >= 0.6 is 0 Å². The second kappa shape index (κ2) is 7.99. The fraction of sp³-hybridized carbons (Fsp3) is 0.125. The second-order valence-corrected chi connectivity index (χ2v) is 6.99. The molecular formula is C24H19F2NO3. The number of benzene rings is 3. The minimum Gasteiger partial charge on any atom is -0.503 e. The summed E-state index contributed by atoms with van der Waals surface area (Å²) in [6.07, 6.45) is 0. The van der Waals surface area contributed by atoms with Gasteiger partial charge in [-0.3, -0.25) is 4.79 Å². The Morgan fingerprint density at radius 1 is 0.967 bits per heavy atom. The van der Waals surface area contributed by atoms with Crippen LogP contribution in [0.2, 0.25) is 0 Å². The van der Waals surface area contributed by atoms with E-state index in [4.69, 9.17) is 4.74 Å². The van der Waals surface area contributed by atoms with Crippen molar-refractivity contribution in [3.05, 3.63) is 107 Å². The molecule has 0 saturated carbocycles. The molecule has 0 spiro atoms. The number of rotatable bonds is 5. The fourth-order valence-corrected chi connectivity index (χ4v) is 3.69. The van der Waals surface area contributed by atoms with Gasteiger partial charge in [-0.1, -0.05) is 48.5 Å². The lowest BCUT2D eigenvalue weighted by atomic mass is 9.93. The molecule has 3 aromatic carbocycles. The van der Waals surface area contributed by atoms with Crippen LogP contribution in [0.3, 0.4) is 0 Å². The first kappa shape index (κ1) is 19.6. The summed E-state index contributed by atoms with van der Waals surface area (Å²) in [4.78, 5) is 14.4. The summed E-state index contributed by atoms with van der Waals surface area (Å²) in [7, 11) is 1.54. The fourth-order valence-electron chi connectivity index (χ4n) is 3.69. The molecule has 0 fully saturated rings. The third-order valence-electron chi connectivity index (χ3n) is 5.16. The molecule has 0 saturated heterocycles. The molecule has 1 aliphatic heterocycles. The summed E-state index contributed by atoms with van der Waals surface area (Å²) in [6.45, 7) is 0.201. The van der Waals surface area contributed by atoms with E-state index in [-0.39, 0.29) is 6.54 Å². The van der Waals surface area contributed by atoms with E-state index in [1.54, 1.807) is 24.3 Å². The number of ether oxygens (including phenoxy) is 1. The Labute approximate surface area is 172 Å². The van der Waals surface area contributed by atoms with Gasteiger partial charge in [-0.15, -0.1) is 0 Å². The van der Waals surface area contributed by atoms with Gasteiger partial charge in [-0.25, -0.2) is 8.78 Å². The third kappa shape index (κ3) is 3.52. The Hall–Kier alpha value is -3.67. The van der Waals surface area contributed by atoms with Crippen LogP contribution in [0.15, 0.2) is 78.6 Å². The zero-order valence-corrected chi connectivity index (χ0v) is 16.2. The van der Waals surface area contributed by atoms with Gasteiger partial charge in [0.2, 0.25) is 0 Å². The highest BCUT2D eigenvalue weighted by molar-refractivity contribution is 6.05. The van der Waals surface area contributed by atoms with E-state index in [1.807, 2.05) is 30.3 Å². The maximum absolute atomic E-state index is 14.0. The van der Waals surface area contributed by atoms with Crippen molar-refractivity contribution < 1.29 is 23.4 Å². The lowest BCUT2D eigenvalue weighted by Crippen LogP contribution is -2.30. The van der Waals surface area contributed by atoms with Gasteiger partial charge in [-0.2, -0.15) is 0 Å². The van der Waals surface area contributed by atoms with Crippen molar-refractivity contribution in [2.24, 2.45) is 0 Å². The van der Waals surface area contributed by atoms with Gasteiger partial charge in [-0.05, 0) is 41.0 Å². The number of aliphatic hydroxyl groups is 1. The standard InChI is InChI=1S/C24H19F2NO3/c1-30-18-10-7-16(8-11-18)21-22(17-9-12-19(25)20(26)13-17)27(24(29)23(21)28)14-15-5-3-2-4-6-15/h2-13,22,28H,14H2,1H3/t22-/m0/s1. The number of methoxy groups -OCH3 is 1. The van der Waals surface area contributed by atoms with Gasteiger partial charge in [0, 0.05) is 12.1 Å². The number of nitrogens with zero attached hydrogens (tertiary/aromatic N) is 1. The van der Waals surface area contributed by atoms with Crippen LogP contribution in [-0.4, -0.2) is 23.0 Å². The Morgan fingerprint density at radius 2 is 1.67 bits per heavy atom. The minimum absolute atomic E-state index is 0.201. The summed E-state index contributed by atoms with van der Waals surface area (Å²) >= 11 is 0. The Bertz CT molecular complexity index is 1110. The van der Waals surface area contributed by atoms with Gasteiger partial charge in [0.25, 0.3) is 5.91 Å². The molecule has 3 aromatic rings. The van der Waals surface area contributed by atoms with E-state index in [0.717, 1.165) is 17.7 Å². The van der Waals surface area contributed by atoms with Gasteiger partial charge >= 0.3 is 0 Å². The van der Waals surface area contributed by atoms with Gasteiger partial charge in [0.15, 0.2) is 17.4 Å². The van der Waals surface area contributed by atoms with Crippen LogP contribution in [0.1, 0.15) is 22.7 Å². The molecule has 1 heterocycles. The second-order valence-electron chi connectivity index (χ2n) is 6.99. The third-order valence-corrected chi connectivity index (χ3v) is 5.16. The summed E-state index contributed by atoms with van der Waals surface area (Å²) in [5.41, 5.74) is 2.15. The van der Waals surface area contributed by atoms with Crippen LogP contribution in [-0.2, 0) is 11.3 Å². The Kier molecular flexibility index (Phi) is 5.23. The number of hydrogen-bond donors (Lipinski definition) is 1. The molecule has 0 aromatic heterocycles. The molecule has 0 bridgehead atoms. The average Bonchev–Trinajstić information content (AvgIpc) is 3.01. The lowest BCUT2D eigenvalue weighted by Gasteiger charge is -2.27. The van der Waals surface area contributed by atoms with Crippen molar-refractivity contribution >= 4 is 11.5 Å². The summed E-state index contributed by atoms with van der Waals surface area (Å²) in [6, 6.07) is 18.9. The topological polar surface area (TPSA) is 49.8 Å². The molecule has 1 aliphatic rings. The number of hydrogen-bond acceptors (Lipinski definition) is 3. The smallest absolute Gasteiger partial charge is 0.290 e. The summed E-state index contributed by atoms with van der Waals surface area (Å²) in [5.74, 6) is -2.35. The molecule has 1 atom stereocenters. The van der Waals surface area contributed by atoms with Crippen molar-refractivity contribution in [3.8, 4) is 5.75 Å². The predicted molar refractivity (Wildman–Crippen MR) is 109 cm³/mol. The van der Waals surface area contributed by atoms with Crippen molar-refractivity contribution in [2.75, 3.05) is 7.11 Å². The molecule has 0 aliphatic carbocycles. The number of amides is 1. The predicted octanol–water partition coefficient (Wildman–Crippen LogP) is 5.03. The molecule has 152 valence electrons. The molecule has 1 N–H and O–H groups in total. The maximum Gasteiger partial charge on any atom is 0.290 e. The Morgan fingerprint density at radius 3 is 2.30 bits per heavy atom. The summed E-state index contributed by atoms with van der Waals surface area (Å²) < 4.78 is 32.8. The zero-order chi connectivity index (χ0) is 21.3. The van der Waals surface area contributed by atoms with Crippen LogP contribution in [0.4, 0.5) is 8.78 Å². The number of carbonyl (C=O) groups is 1. The largest absolute Gasteiger partial charge is 0.503 e. The first-order chi connectivity index (χ1) is 14.5. The molecule has 6 heteroatoms. The molecule has 0 radical (unpaired) electrons. The zero-order valence-electron chi connectivity index (χ0n) is 16.2. The van der Waals surface area contributed by atoms with Crippen LogP contribution in [0.5, 0.6) is 5.75 Å². The van der Waals surface area contributed by atoms with Crippen molar-refractivity contribution in [1.29, 1.82) is 0 Å². The van der Waals surface area contributed by atoms with E-state index in [9.17, 15) is 18.7 Å². The highest BCUT2D eigenvalue weighted by Crippen LogP contribution is 2.44.